The lowest BCUT2D eigenvalue weighted by molar-refractivity contribution is 0.0853. The summed E-state index contributed by atoms with van der Waals surface area (Å²) in [5.74, 6) is 0.344. The molecule has 0 aliphatic carbocycles. The molecule has 1 atom stereocenters. The lowest BCUT2D eigenvalue weighted by Gasteiger charge is -2.19. The van der Waals surface area contributed by atoms with Crippen LogP contribution in [0.25, 0.3) is 11.4 Å². The summed E-state index contributed by atoms with van der Waals surface area (Å²) in [5.41, 5.74) is 0.980. The third-order valence-electron chi connectivity index (χ3n) is 4.65. The number of hydrogen-bond acceptors (Lipinski definition) is 7. The van der Waals surface area contributed by atoms with Gasteiger partial charge >= 0.3 is 0 Å². The number of amides is 1. The van der Waals surface area contributed by atoms with Crippen molar-refractivity contribution in [2.75, 3.05) is 20.3 Å². The van der Waals surface area contributed by atoms with Crippen molar-refractivity contribution in [3.63, 3.8) is 0 Å². The first kappa shape index (κ1) is 20.0. The number of fused-ring (bicyclic) bond motifs is 1. The molecule has 1 aliphatic rings. The largest absolute Gasteiger partial charge is 0.496 e. The van der Waals surface area contributed by atoms with Gasteiger partial charge in [-0.25, -0.2) is 15.0 Å². The van der Waals surface area contributed by atoms with Crippen molar-refractivity contribution in [2.24, 2.45) is 0 Å². The molecule has 0 fully saturated rings. The van der Waals surface area contributed by atoms with Gasteiger partial charge in [-0.3, -0.25) is 14.2 Å². The number of ether oxygens (including phenoxy) is 2. The van der Waals surface area contributed by atoms with E-state index in [4.69, 9.17) is 21.1 Å². The maximum Gasteiger partial charge on any atom is 0.255 e. The van der Waals surface area contributed by atoms with Crippen LogP contribution in [-0.2, 0) is 11.3 Å². The zero-order valence-electron chi connectivity index (χ0n) is 16.0. The van der Waals surface area contributed by atoms with Crippen LogP contribution in [0, 0.1) is 0 Å². The van der Waals surface area contributed by atoms with Crippen LogP contribution in [0.15, 0.2) is 47.7 Å². The van der Waals surface area contributed by atoms with Gasteiger partial charge in [-0.2, -0.15) is 0 Å². The summed E-state index contributed by atoms with van der Waals surface area (Å²) in [6.45, 7) is 0.835. The highest BCUT2D eigenvalue weighted by molar-refractivity contribution is 6.30. The molecule has 0 saturated heterocycles. The lowest BCUT2D eigenvalue weighted by atomic mass is 10.1. The van der Waals surface area contributed by atoms with E-state index in [9.17, 15) is 9.59 Å². The number of aromatic nitrogens is 4. The monoisotopic (exact) mass is 427 g/mol. The van der Waals surface area contributed by atoms with Gasteiger partial charge in [-0.15, -0.1) is 0 Å². The van der Waals surface area contributed by atoms with Gasteiger partial charge in [0.1, 0.15) is 23.9 Å². The third kappa shape index (κ3) is 4.03. The molecule has 1 N–H and O–H groups in total. The second-order valence-electron chi connectivity index (χ2n) is 6.53. The second kappa shape index (κ2) is 8.60. The Balaban J connectivity index is 1.71. The normalized spacial score (nSPS) is 15.7. The second-order valence-corrected chi connectivity index (χ2v) is 6.97. The Hall–Kier alpha value is -3.30. The van der Waals surface area contributed by atoms with Crippen molar-refractivity contribution < 1.29 is 14.3 Å². The van der Waals surface area contributed by atoms with Crippen LogP contribution in [0.2, 0.25) is 5.02 Å². The summed E-state index contributed by atoms with van der Waals surface area (Å²) in [5, 5.41) is 3.34. The minimum atomic E-state index is -0.644. The van der Waals surface area contributed by atoms with E-state index in [0.29, 0.717) is 46.7 Å². The van der Waals surface area contributed by atoms with Gasteiger partial charge in [0.05, 0.1) is 43.8 Å². The van der Waals surface area contributed by atoms with Crippen LogP contribution in [0.4, 0.5) is 0 Å². The van der Waals surface area contributed by atoms with Crippen LogP contribution in [-0.4, -0.2) is 45.7 Å². The average molecular weight is 428 g/mol. The summed E-state index contributed by atoms with van der Waals surface area (Å²) < 4.78 is 12.4. The van der Waals surface area contributed by atoms with E-state index in [1.54, 1.807) is 30.5 Å². The molecule has 1 aromatic carbocycles. The van der Waals surface area contributed by atoms with E-state index in [2.05, 4.69) is 20.3 Å². The summed E-state index contributed by atoms with van der Waals surface area (Å²) >= 11 is 5.98. The Labute approximate surface area is 176 Å². The first-order valence-electron chi connectivity index (χ1n) is 9.17. The van der Waals surface area contributed by atoms with E-state index >= 15 is 0 Å². The number of rotatable bonds is 4. The summed E-state index contributed by atoms with van der Waals surface area (Å²) in [6, 6.07) is 7.17. The zero-order chi connectivity index (χ0) is 21.1. The molecule has 10 heteroatoms. The third-order valence-corrected chi connectivity index (χ3v) is 4.89. The first-order chi connectivity index (χ1) is 14.6. The molecule has 154 valence electrons. The van der Waals surface area contributed by atoms with Crippen molar-refractivity contribution >= 4 is 17.5 Å². The Morgan fingerprint density at radius 2 is 2.17 bits per heavy atom. The fourth-order valence-electron chi connectivity index (χ4n) is 3.21. The van der Waals surface area contributed by atoms with Crippen LogP contribution < -0.4 is 15.6 Å². The SMILES string of the molecule is COc1cc(Cl)ccc1C(=O)NC1COCCn2c1nc(-c1ccncn1)cc2=O. The van der Waals surface area contributed by atoms with E-state index in [1.165, 1.54) is 24.1 Å². The summed E-state index contributed by atoms with van der Waals surface area (Å²) in [6.07, 6.45) is 2.96. The summed E-state index contributed by atoms with van der Waals surface area (Å²) in [7, 11) is 1.46. The van der Waals surface area contributed by atoms with Crippen molar-refractivity contribution in [3.05, 3.63) is 69.6 Å². The van der Waals surface area contributed by atoms with Gasteiger partial charge in [0.15, 0.2) is 0 Å². The predicted octanol–water partition coefficient (Wildman–Crippen LogP) is 1.86. The molecule has 0 spiro atoms. The van der Waals surface area contributed by atoms with Crippen molar-refractivity contribution in [2.45, 2.75) is 12.6 Å². The zero-order valence-corrected chi connectivity index (χ0v) is 16.8. The maximum atomic E-state index is 12.9. The van der Waals surface area contributed by atoms with Crippen molar-refractivity contribution in [1.29, 1.82) is 0 Å². The highest BCUT2D eigenvalue weighted by Gasteiger charge is 2.26. The minimum absolute atomic E-state index is 0.168. The van der Waals surface area contributed by atoms with E-state index < -0.39 is 11.9 Å². The molecule has 2 aromatic heterocycles. The van der Waals surface area contributed by atoms with Crippen LogP contribution in [0.3, 0.4) is 0 Å². The molecule has 0 bridgehead atoms. The number of carbonyl (C=O) groups is 1. The number of carbonyl (C=O) groups excluding carboxylic acids is 1. The van der Waals surface area contributed by atoms with Gasteiger partial charge in [0, 0.05) is 17.3 Å². The molecule has 30 heavy (non-hydrogen) atoms. The Bertz CT molecular complexity index is 1140. The quantitative estimate of drug-likeness (QED) is 0.677. The topological polar surface area (TPSA) is 108 Å². The molecular formula is C20H18ClN5O4. The molecule has 4 rings (SSSR count). The van der Waals surface area contributed by atoms with Gasteiger partial charge < -0.3 is 14.8 Å². The minimum Gasteiger partial charge on any atom is -0.496 e. The van der Waals surface area contributed by atoms with Crippen molar-refractivity contribution in [1.82, 2.24) is 24.8 Å². The van der Waals surface area contributed by atoms with Gasteiger partial charge in [0.25, 0.3) is 11.5 Å². The van der Waals surface area contributed by atoms with E-state index in [1.807, 2.05) is 0 Å². The number of methoxy groups -OCH3 is 1. The highest BCUT2D eigenvalue weighted by atomic mass is 35.5. The number of hydrogen-bond donors (Lipinski definition) is 1. The molecule has 9 nitrogen and oxygen atoms in total. The van der Waals surface area contributed by atoms with Crippen LogP contribution in [0.5, 0.6) is 5.75 Å². The van der Waals surface area contributed by atoms with Gasteiger partial charge in [-0.1, -0.05) is 11.6 Å². The van der Waals surface area contributed by atoms with Crippen LogP contribution >= 0.6 is 11.6 Å². The van der Waals surface area contributed by atoms with Crippen LogP contribution in [0.1, 0.15) is 22.2 Å². The summed E-state index contributed by atoms with van der Waals surface area (Å²) in [4.78, 5) is 38.3. The van der Waals surface area contributed by atoms with Gasteiger partial charge in [0.2, 0.25) is 0 Å². The molecule has 0 saturated carbocycles. The average Bonchev–Trinajstić information content (AvgIpc) is 2.96. The predicted molar refractivity (Wildman–Crippen MR) is 109 cm³/mol. The molecule has 1 unspecified atom stereocenters. The Morgan fingerprint density at radius 3 is 2.93 bits per heavy atom. The lowest BCUT2D eigenvalue weighted by Crippen LogP contribution is -2.35. The number of benzene rings is 1. The number of nitrogens with one attached hydrogen (secondary N) is 1. The smallest absolute Gasteiger partial charge is 0.255 e. The Kier molecular flexibility index (Phi) is 5.73. The molecule has 1 amide bonds. The van der Waals surface area contributed by atoms with E-state index in [-0.39, 0.29) is 12.2 Å². The first-order valence-corrected chi connectivity index (χ1v) is 9.55. The molecule has 3 heterocycles. The van der Waals surface area contributed by atoms with E-state index in [0.717, 1.165) is 0 Å². The standard InChI is InChI=1S/C20H18ClN5O4/c1-29-17-8-12(21)2-3-13(17)20(28)25-16-10-30-7-6-26-18(27)9-15(24-19(16)26)14-4-5-22-11-23-14/h2-5,8-9,11,16H,6-7,10H2,1H3,(H,25,28). The molecule has 0 radical (unpaired) electrons. The molecular weight excluding hydrogens is 410 g/mol. The van der Waals surface area contributed by atoms with Crippen molar-refractivity contribution in [3.8, 4) is 17.1 Å². The molecule has 3 aromatic rings. The maximum absolute atomic E-state index is 12.9. The Morgan fingerprint density at radius 1 is 1.30 bits per heavy atom. The highest BCUT2D eigenvalue weighted by Crippen LogP contribution is 2.24. The fourth-order valence-corrected chi connectivity index (χ4v) is 3.38. The van der Waals surface area contributed by atoms with Gasteiger partial charge in [-0.05, 0) is 24.3 Å². The number of halogens is 1. The molecule has 1 aliphatic heterocycles. The fraction of sp³-hybridized carbons (Fsp3) is 0.250. The number of nitrogens with zero attached hydrogens (tertiary/aromatic N) is 4.